The molecule has 32 heavy (non-hydrogen) atoms. The predicted molar refractivity (Wildman–Crippen MR) is 124 cm³/mol. The maximum atomic E-state index is 13.4. The summed E-state index contributed by atoms with van der Waals surface area (Å²) in [7, 11) is 0. The van der Waals surface area contributed by atoms with Gasteiger partial charge in [-0.25, -0.2) is 0 Å². The Labute approximate surface area is 193 Å². The van der Waals surface area contributed by atoms with Crippen LogP contribution in [0, 0.1) is 62.6 Å². The van der Waals surface area contributed by atoms with Gasteiger partial charge in [-0.2, -0.15) is 0 Å². The summed E-state index contributed by atoms with van der Waals surface area (Å²) in [4.78, 5) is 25.5. The normalized spacial score (nSPS) is 52.9. The number of aliphatic carboxylic acids is 2. The van der Waals surface area contributed by atoms with E-state index in [4.69, 9.17) is 0 Å². The predicted octanol–water partition coefficient (Wildman–Crippen LogP) is 6.48. The summed E-state index contributed by atoms with van der Waals surface area (Å²) in [6.07, 6.45) is 8.47. The van der Waals surface area contributed by atoms with Crippen LogP contribution < -0.4 is 0 Å². The highest BCUT2D eigenvalue weighted by Crippen LogP contribution is 2.76. The van der Waals surface area contributed by atoms with Crippen LogP contribution in [0.3, 0.4) is 0 Å². The van der Waals surface area contributed by atoms with E-state index in [0.717, 1.165) is 19.3 Å². The van der Waals surface area contributed by atoms with Crippen molar-refractivity contribution >= 4 is 11.9 Å². The molecule has 0 aromatic heterocycles. The average Bonchev–Trinajstić information content (AvgIpc) is 3.23. The van der Waals surface area contributed by atoms with Gasteiger partial charge in [0.2, 0.25) is 0 Å². The molecule has 0 saturated heterocycles. The topological polar surface area (TPSA) is 74.6 Å². The maximum absolute atomic E-state index is 13.4. The van der Waals surface area contributed by atoms with Crippen LogP contribution >= 0.6 is 0 Å². The average molecular weight is 445 g/mol. The van der Waals surface area contributed by atoms with Gasteiger partial charge in [-0.15, -0.1) is 0 Å². The molecule has 5 rings (SSSR count). The Kier molecular flexibility index (Phi) is 4.64. The Hall–Kier alpha value is -1.06. The van der Waals surface area contributed by atoms with Crippen LogP contribution in [-0.4, -0.2) is 22.2 Å². The zero-order valence-electron chi connectivity index (χ0n) is 21.0. The van der Waals surface area contributed by atoms with Gasteiger partial charge < -0.3 is 10.2 Å². The van der Waals surface area contributed by atoms with Gasteiger partial charge in [0.15, 0.2) is 0 Å². The molecule has 0 heterocycles. The molecule has 0 aromatic carbocycles. The van der Waals surface area contributed by atoms with Gasteiger partial charge in [0.1, 0.15) is 0 Å². The third-order valence-corrected chi connectivity index (χ3v) is 13.4. The van der Waals surface area contributed by atoms with Crippen molar-refractivity contribution in [2.75, 3.05) is 0 Å². The first-order chi connectivity index (χ1) is 14.7. The molecule has 0 amide bonds. The quantitative estimate of drug-likeness (QED) is 0.520. The van der Waals surface area contributed by atoms with Gasteiger partial charge >= 0.3 is 11.9 Å². The van der Waals surface area contributed by atoms with Crippen molar-refractivity contribution in [3.8, 4) is 0 Å². The van der Waals surface area contributed by atoms with Crippen LogP contribution in [0.5, 0.6) is 0 Å². The van der Waals surface area contributed by atoms with E-state index in [-0.39, 0.29) is 39.4 Å². The van der Waals surface area contributed by atoms with Crippen LogP contribution in [-0.2, 0) is 9.59 Å². The molecular formula is C28H44O4. The molecule has 4 bridgehead atoms. The third-order valence-electron chi connectivity index (χ3n) is 13.4. The van der Waals surface area contributed by atoms with Crippen LogP contribution in [0.2, 0.25) is 0 Å². The van der Waals surface area contributed by atoms with E-state index in [0.29, 0.717) is 37.0 Å². The van der Waals surface area contributed by atoms with Gasteiger partial charge in [-0.05, 0) is 109 Å². The van der Waals surface area contributed by atoms with Gasteiger partial charge in [-0.3, -0.25) is 9.59 Å². The van der Waals surface area contributed by atoms with Gasteiger partial charge in [0.05, 0.1) is 11.3 Å². The first kappa shape index (κ1) is 22.7. The highest BCUT2D eigenvalue weighted by molar-refractivity contribution is 5.77. The number of carbonyl (C=O) groups is 2. The second kappa shape index (κ2) is 6.54. The molecule has 9 atom stereocenters. The second-order valence-electron chi connectivity index (χ2n) is 14.3. The number of hydrogen-bond donors (Lipinski definition) is 2. The van der Waals surface area contributed by atoms with Crippen LogP contribution in [0.15, 0.2) is 0 Å². The minimum absolute atomic E-state index is 0.00926. The number of fused-ring (bicyclic) bond motifs is 4. The fraction of sp³-hybridized carbons (Fsp3) is 0.929. The minimum atomic E-state index is -0.756. The SMILES string of the molecule is CC1(C)[C@H]2CC[C@@]1(C)C[C@H]2C1(C(=O)O)CCC(C(=O)O)CC1[C@@H]1C[C@]2(C)CC[C@@H]1C2(C)C. The summed E-state index contributed by atoms with van der Waals surface area (Å²) < 4.78 is 0. The van der Waals surface area contributed by atoms with Crippen molar-refractivity contribution in [2.24, 2.45) is 62.6 Å². The zero-order chi connectivity index (χ0) is 23.5. The second-order valence-corrected chi connectivity index (χ2v) is 14.3. The van der Waals surface area contributed by atoms with E-state index in [2.05, 4.69) is 41.5 Å². The molecule has 180 valence electrons. The molecule has 0 aliphatic heterocycles. The lowest BCUT2D eigenvalue weighted by Gasteiger charge is -2.53. The van der Waals surface area contributed by atoms with Crippen LogP contribution in [0.25, 0.3) is 0 Å². The van der Waals surface area contributed by atoms with Crippen molar-refractivity contribution < 1.29 is 19.8 Å². The van der Waals surface area contributed by atoms with E-state index in [1.54, 1.807) is 0 Å². The molecule has 5 saturated carbocycles. The molecule has 4 nitrogen and oxygen atoms in total. The van der Waals surface area contributed by atoms with Gasteiger partial charge in [0.25, 0.3) is 0 Å². The highest BCUT2D eigenvalue weighted by atomic mass is 16.4. The summed E-state index contributed by atoms with van der Waals surface area (Å²) in [5, 5.41) is 20.9. The summed E-state index contributed by atoms with van der Waals surface area (Å²) in [5.41, 5.74) is 0.0709. The van der Waals surface area contributed by atoms with E-state index < -0.39 is 17.4 Å². The summed E-state index contributed by atoms with van der Waals surface area (Å²) in [6.45, 7) is 14.3. The summed E-state index contributed by atoms with van der Waals surface area (Å²) in [5.74, 6) is -0.243. The Morgan fingerprint density at radius 2 is 1.25 bits per heavy atom. The third kappa shape index (κ3) is 2.51. The first-order valence-electron chi connectivity index (χ1n) is 13.2. The van der Waals surface area contributed by atoms with E-state index in [1.807, 2.05) is 0 Å². The van der Waals surface area contributed by atoms with Crippen LogP contribution in [0.1, 0.15) is 99.3 Å². The Morgan fingerprint density at radius 3 is 1.66 bits per heavy atom. The molecule has 3 unspecified atom stereocenters. The van der Waals surface area contributed by atoms with Crippen molar-refractivity contribution in [2.45, 2.75) is 99.3 Å². The Morgan fingerprint density at radius 1 is 0.688 bits per heavy atom. The van der Waals surface area contributed by atoms with Crippen molar-refractivity contribution in [1.82, 2.24) is 0 Å². The number of carboxylic acids is 2. The lowest BCUT2D eigenvalue weighted by atomic mass is 9.49. The van der Waals surface area contributed by atoms with Crippen molar-refractivity contribution in [3.05, 3.63) is 0 Å². The lowest BCUT2D eigenvalue weighted by Crippen LogP contribution is -2.54. The number of carboxylic acid groups (broad SMARTS) is 2. The number of hydrogen-bond acceptors (Lipinski definition) is 2. The van der Waals surface area contributed by atoms with Crippen LogP contribution in [0.4, 0.5) is 0 Å². The fourth-order valence-electron chi connectivity index (χ4n) is 10.5. The van der Waals surface area contributed by atoms with E-state index in [1.165, 1.54) is 19.3 Å². The molecule has 4 heteroatoms. The van der Waals surface area contributed by atoms with Gasteiger partial charge in [0, 0.05) is 0 Å². The van der Waals surface area contributed by atoms with Gasteiger partial charge in [-0.1, -0.05) is 41.5 Å². The standard InChI is InChI=1S/C28H44O4/c1-24(2)18-8-10-26(24,5)14-17(18)20-13-16(22(29)30)7-12-28(20,23(31)32)21-15-27(6)11-9-19(21)25(27,3)4/h16-21H,7-15H2,1-6H3,(H,29,30)(H,31,32)/t16?,17-,18+,19+,20?,21-,26+,27+,28?/m1/s1. The summed E-state index contributed by atoms with van der Waals surface area (Å²) in [6, 6.07) is 0. The molecular weight excluding hydrogens is 400 g/mol. The molecule has 0 spiro atoms. The van der Waals surface area contributed by atoms with Crippen molar-refractivity contribution in [1.29, 1.82) is 0 Å². The zero-order valence-corrected chi connectivity index (χ0v) is 21.0. The lowest BCUT2D eigenvalue weighted by molar-refractivity contribution is -0.174. The first-order valence-corrected chi connectivity index (χ1v) is 13.2. The monoisotopic (exact) mass is 444 g/mol. The maximum Gasteiger partial charge on any atom is 0.310 e. The molecule has 5 aliphatic rings. The molecule has 5 fully saturated rings. The molecule has 2 N–H and O–H groups in total. The Bertz CT molecular complexity index is 839. The highest BCUT2D eigenvalue weighted by Gasteiger charge is 2.71. The molecule has 0 aromatic rings. The van der Waals surface area contributed by atoms with E-state index in [9.17, 15) is 19.8 Å². The smallest absolute Gasteiger partial charge is 0.310 e. The molecule has 5 aliphatic carbocycles. The van der Waals surface area contributed by atoms with Crippen molar-refractivity contribution in [3.63, 3.8) is 0 Å². The van der Waals surface area contributed by atoms with E-state index >= 15 is 0 Å². The fourth-order valence-corrected chi connectivity index (χ4v) is 10.5. The summed E-state index contributed by atoms with van der Waals surface area (Å²) >= 11 is 0. The Balaban J connectivity index is 1.60. The largest absolute Gasteiger partial charge is 0.481 e. The molecule has 0 radical (unpaired) electrons. The minimum Gasteiger partial charge on any atom is -0.481 e. The number of rotatable bonds is 4.